The number of H-pyrrole nitrogens is 2. The third kappa shape index (κ3) is 1.60. The zero-order chi connectivity index (χ0) is 12.5. The highest BCUT2D eigenvalue weighted by molar-refractivity contribution is 5.84. The molecule has 3 rings (SSSR count). The number of hydrogen-bond acceptors (Lipinski definition) is 2. The van der Waals surface area contributed by atoms with Crippen LogP contribution in [-0.2, 0) is 6.42 Å². The Hall–Kier alpha value is -2.43. The molecule has 5 heteroatoms. The molecule has 1 aromatic carbocycles. The van der Waals surface area contributed by atoms with Crippen molar-refractivity contribution in [3.05, 3.63) is 53.2 Å². The summed E-state index contributed by atoms with van der Waals surface area (Å²) in [4.78, 5) is 13.7. The third-order valence-corrected chi connectivity index (χ3v) is 3.00. The Morgan fingerprint density at radius 3 is 3.11 bits per heavy atom. The number of carbonyl (C=O) groups excluding carboxylic acids is 1. The Labute approximate surface area is 102 Å². The first-order valence-electron chi connectivity index (χ1n) is 5.51. The van der Waals surface area contributed by atoms with Crippen LogP contribution in [0, 0.1) is 5.82 Å². The Morgan fingerprint density at radius 2 is 2.28 bits per heavy atom. The van der Waals surface area contributed by atoms with E-state index in [1.807, 2.05) is 6.07 Å². The van der Waals surface area contributed by atoms with E-state index < -0.39 is 0 Å². The normalized spacial score (nSPS) is 10.9. The highest BCUT2D eigenvalue weighted by atomic mass is 19.1. The first-order chi connectivity index (χ1) is 8.79. The number of halogens is 1. The van der Waals surface area contributed by atoms with Crippen LogP contribution in [0.25, 0.3) is 10.9 Å². The molecular formula is C13H10FN3O. The maximum atomic E-state index is 13.5. The molecule has 4 nitrogen and oxygen atoms in total. The van der Waals surface area contributed by atoms with Gasteiger partial charge >= 0.3 is 0 Å². The van der Waals surface area contributed by atoms with Crippen LogP contribution in [0.5, 0.6) is 0 Å². The molecule has 0 saturated carbocycles. The molecule has 0 radical (unpaired) electrons. The summed E-state index contributed by atoms with van der Waals surface area (Å²) in [6.07, 6.45) is 4.51. The number of fused-ring (bicyclic) bond motifs is 1. The van der Waals surface area contributed by atoms with Gasteiger partial charge in [-0.1, -0.05) is 12.1 Å². The van der Waals surface area contributed by atoms with Gasteiger partial charge in [-0.05, 0) is 11.6 Å². The monoisotopic (exact) mass is 243 g/mol. The lowest BCUT2D eigenvalue weighted by molar-refractivity contribution is 0.112. The number of rotatable bonds is 3. The summed E-state index contributed by atoms with van der Waals surface area (Å²) < 4.78 is 13.5. The molecule has 18 heavy (non-hydrogen) atoms. The van der Waals surface area contributed by atoms with Gasteiger partial charge in [-0.25, -0.2) is 4.39 Å². The van der Waals surface area contributed by atoms with E-state index in [1.54, 1.807) is 12.3 Å². The zero-order valence-electron chi connectivity index (χ0n) is 9.40. The lowest BCUT2D eigenvalue weighted by Crippen LogP contribution is -1.92. The first-order valence-corrected chi connectivity index (χ1v) is 5.51. The molecule has 3 aromatic rings. The summed E-state index contributed by atoms with van der Waals surface area (Å²) >= 11 is 0. The summed E-state index contributed by atoms with van der Waals surface area (Å²) in [5, 5.41) is 7.44. The van der Waals surface area contributed by atoms with Crippen LogP contribution in [0.4, 0.5) is 4.39 Å². The van der Waals surface area contributed by atoms with Crippen molar-refractivity contribution in [1.29, 1.82) is 0 Å². The molecule has 90 valence electrons. The number of aromatic amines is 2. The molecule has 0 aliphatic carbocycles. The third-order valence-electron chi connectivity index (χ3n) is 3.00. The lowest BCUT2D eigenvalue weighted by atomic mass is 10.1. The van der Waals surface area contributed by atoms with Gasteiger partial charge in [0.25, 0.3) is 0 Å². The maximum absolute atomic E-state index is 13.5. The minimum absolute atomic E-state index is 0.279. The maximum Gasteiger partial charge on any atom is 0.153 e. The fraction of sp³-hybridized carbons (Fsp3) is 0.0769. The summed E-state index contributed by atoms with van der Waals surface area (Å²) in [6.45, 7) is 0. The second-order valence-electron chi connectivity index (χ2n) is 4.07. The molecule has 0 unspecified atom stereocenters. The van der Waals surface area contributed by atoms with Crippen molar-refractivity contribution in [2.75, 3.05) is 0 Å². The van der Waals surface area contributed by atoms with Gasteiger partial charge in [0.2, 0.25) is 0 Å². The fourth-order valence-electron chi connectivity index (χ4n) is 2.08. The Balaban J connectivity index is 2.06. The van der Waals surface area contributed by atoms with Gasteiger partial charge in [0.05, 0.1) is 23.0 Å². The van der Waals surface area contributed by atoms with E-state index in [0.717, 1.165) is 22.9 Å². The van der Waals surface area contributed by atoms with Gasteiger partial charge in [-0.15, -0.1) is 0 Å². The van der Waals surface area contributed by atoms with Crippen molar-refractivity contribution in [3.8, 4) is 0 Å². The molecule has 0 spiro atoms. The predicted molar refractivity (Wildman–Crippen MR) is 65.0 cm³/mol. The largest absolute Gasteiger partial charge is 0.359 e. The Morgan fingerprint density at radius 1 is 1.39 bits per heavy atom. The first kappa shape index (κ1) is 10.7. The fourth-order valence-corrected chi connectivity index (χ4v) is 2.08. The second-order valence-corrected chi connectivity index (χ2v) is 4.07. The van der Waals surface area contributed by atoms with Crippen molar-refractivity contribution < 1.29 is 9.18 Å². The minimum atomic E-state index is -0.279. The molecule has 0 amide bonds. The Bertz CT molecular complexity index is 714. The van der Waals surface area contributed by atoms with Crippen molar-refractivity contribution >= 4 is 17.2 Å². The standard InChI is InChI=1S/C13H10FN3O/c14-11-3-1-2-10-8(5-15-13(10)11)4-12-9(7-18)6-16-17-12/h1-3,5-7,15H,4H2,(H,16,17). The summed E-state index contributed by atoms with van der Waals surface area (Å²) in [7, 11) is 0. The molecule has 2 N–H and O–H groups in total. The van der Waals surface area contributed by atoms with E-state index in [4.69, 9.17) is 0 Å². The van der Waals surface area contributed by atoms with Crippen LogP contribution < -0.4 is 0 Å². The quantitative estimate of drug-likeness (QED) is 0.694. The van der Waals surface area contributed by atoms with E-state index >= 15 is 0 Å². The van der Waals surface area contributed by atoms with Gasteiger partial charge < -0.3 is 4.98 Å². The van der Waals surface area contributed by atoms with Gasteiger partial charge in [-0.2, -0.15) is 5.10 Å². The average Bonchev–Trinajstić information content (AvgIpc) is 2.98. The second kappa shape index (κ2) is 4.10. The van der Waals surface area contributed by atoms with E-state index in [-0.39, 0.29) is 5.82 Å². The van der Waals surface area contributed by atoms with Gasteiger partial charge in [0.15, 0.2) is 6.29 Å². The van der Waals surface area contributed by atoms with E-state index in [0.29, 0.717) is 17.5 Å². The summed E-state index contributed by atoms with van der Waals surface area (Å²) in [5.41, 5.74) is 2.67. The van der Waals surface area contributed by atoms with Crippen molar-refractivity contribution in [2.45, 2.75) is 6.42 Å². The predicted octanol–water partition coefficient (Wildman–Crippen LogP) is 2.43. The molecule has 2 aromatic heterocycles. The van der Waals surface area contributed by atoms with Crippen LogP contribution in [0.15, 0.2) is 30.6 Å². The van der Waals surface area contributed by atoms with E-state index in [9.17, 15) is 9.18 Å². The van der Waals surface area contributed by atoms with E-state index in [2.05, 4.69) is 15.2 Å². The molecule has 0 atom stereocenters. The summed E-state index contributed by atoms with van der Waals surface area (Å²) in [6, 6.07) is 4.93. The van der Waals surface area contributed by atoms with E-state index in [1.165, 1.54) is 12.3 Å². The smallest absolute Gasteiger partial charge is 0.153 e. The number of carbonyl (C=O) groups is 1. The molecule has 2 heterocycles. The van der Waals surface area contributed by atoms with Crippen molar-refractivity contribution in [1.82, 2.24) is 15.2 Å². The topological polar surface area (TPSA) is 61.5 Å². The van der Waals surface area contributed by atoms with Crippen LogP contribution in [0.1, 0.15) is 21.6 Å². The van der Waals surface area contributed by atoms with Crippen molar-refractivity contribution in [2.24, 2.45) is 0 Å². The van der Waals surface area contributed by atoms with Gasteiger partial charge in [0, 0.05) is 18.0 Å². The molecule has 0 bridgehead atoms. The van der Waals surface area contributed by atoms with Crippen LogP contribution in [0.3, 0.4) is 0 Å². The SMILES string of the molecule is O=Cc1cn[nH]c1Cc1c[nH]c2c(F)cccc12. The lowest BCUT2D eigenvalue weighted by Gasteiger charge is -1.98. The number of hydrogen-bond donors (Lipinski definition) is 2. The highest BCUT2D eigenvalue weighted by Gasteiger charge is 2.10. The van der Waals surface area contributed by atoms with Crippen LogP contribution in [-0.4, -0.2) is 21.5 Å². The van der Waals surface area contributed by atoms with Crippen LogP contribution >= 0.6 is 0 Å². The minimum Gasteiger partial charge on any atom is -0.359 e. The average molecular weight is 243 g/mol. The van der Waals surface area contributed by atoms with Gasteiger partial charge in [-0.3, -0.25) is 9.89 Å². The van der Waals surface area contributed by atoms with Gasteiger partial charge in [0.1, 0.15) is 5.82 Å². The number of para-hydroxylation sites is 1. The zero-order valence-corrected chi connectivity index (χ0v) is 9.40. The van der Waals surface area contributed by atoms with Crippen molar-refractivity contribution in [3.63, 3.8) is 0 Å². The van der Waals surface area contributed by atoms with Crippen LogP contribution in [0.2, 0.25) is 0 Å². The molecule has 0 aliphatic heterocycles. The number of benzene rings is 1. The number of aromatic nitrogens is 3. The molecular weight excluding hydrogens is 233 g/mol. The molecule has 0 aliphatic rings. The highest BCUT2D eigenvalue weighted by Crippen LogP contribution is 2.23. The number of nitrogens with one attached hydrogen (secondary N) is 2. The number of aldehydes is 1. The Kier molecular flexibility index (Phi) is 2.44. The molecule has 0 fully saturated rings. The number of nitrogens with zero attached hydrogens (tertiary/aromatic N) is 1. The molecule has 0 saturated heterocycles. The summed E-state index contributed by atoms with van der Waals surface area (Å²) in [5.74, 6) is -0.279.